The number of amides is 6. The monoisotopic (exact) mass is 1230 g/mol. The quantitative estimate of drug-likeness (QED) is 0.0317. The summed E-state index contributed by atoms with van der Waals surface area (Å²) in [7, 11) is 1.96. The minimum atomic E-state index is -5.00. The fraction of sp³-hybridized carbons (Fsp3) is 0.500. The zero-order valence-electron chi connectivity index (χ0n) is 50.2. The zero-order valence-corrected chi connectivity index (χ0v) is 51.0. The van der Waals surface area contributed by atoms with Crippen molar-refractivity contribution >= 4 is 64.0 Å². The molecule has 0 spiro atoms. The molecular formula is C62H78F4N12O8S. The first kappa shape index (κ1) is 65.2. The van der Waals surface area contributed by atoms with E-state index in [9.17, 15) is 51.8 Å². The minimum Gasteiger partial charge on any atom is -0.391 e. The van der Waals surface area contributed by atoms with E-state index in [1.54, 1.807) is 33.9 Å². The van der Waals surface area contributed by atoms with Crippen molar-refractivity contribution in [2.75, 3.05) is 74.5 Å². The highest BCUT2D eigenvalue weighted by Gasteiger charge is 2.45. The summed E-state index contributed by atoms with van der Waals surface area (Å²) < 4.78 is 58.2. The molecule has 2 aromatic carbocycles. The lowest BCUT2D eigenvalue weighted by Gasteiger charge is -2.44. The van der Waals surface area contributed by atoms with Crippen molar-refractivity contribution in [2.45, 2.75) is 136 Å². The maximum absolute atomic E-state index is 16.2. The molecule has 1 unspecified atom stereocenters. The van der Waals surface area contributed by atoms with E-state index in [1.165, 1.54) is 23.2 Å². The number of benzene rings is 2. The molecule has 20 nitrogen and oxygen atoms in total. The molecule has 87 heavy (non-hydrogen) atoms. The summed E-state index contributed by atoms with van der Waals surface area (Å²) in [6, 6.07) is 12.3. The van der Waals surface area contributed by atoms with Gasteiger partial charge in [0.25, 0.3) is 5.91 Å². The number of piperazine rings is 2. The predicted octanol–water partition coefficient (Wildman–Crippen LogP) is 7.11. The number of nitrogens with zero attached hydrogens (tertiary/aromatic N) is 7. The number of aliphatic hydroxyl groups excluding tert-OH is 1. The Hall–Kier alpha value is -7.77. The van der Waals surface area contributed by atoms with Crippen molar-refractivity contribution in [3.05, 3.63) is 111 Å². The molecule has 0 bridgehead atoms. The van der Waals surface area contributed by atoms with Crippen LogP contribution in [-0.4, -0.2) is 160 Å². The number of carbonyl (C=O) groups is 6. The highest BCUT2D eigenvalue weighted by molar-refractivity contribution is 7.13. The number of hydrogen-bond acceptors (Lipinski definition) is 14. The summed E-state index contributed by atoms with van der Waals surface area (Å²) in [4.78, 5) is 113. The number of nitrogens with one attached hydrogen (secondary N) is 5. The number of alkyl halides is 3. The summed E-state index contributed by atoms with van der Waals surface area (Å²) in [6.07, 6.45) is -0.811. The topological polar surface area (TPSA) is 246 Å². The average molecular weight is 1230 g/mol. The lowest BCUT2D eigenvalue weighted by Crippen LogP contribution is -2.57. The van der Waals surface area contributed by atoms with Crippen LogP contribution in [0.1, 0.15) is 113 Å². The van der Waals surface area contributed by atoms with E-state index in [2.05, 4.69) is 41.1 Å². The number of hydrogen-bond donors (Lipinski definition) is 6. The molecule has 468 valence electrons. The molecule has 0 saturated carbocycles. The highest BCUT2D eigenvalue weighted by atomic mass is 32.1. The molecular weight excluding hydrogens is 1150 g/mol. The van der Waals surface area contributed by atoms with Crippen molar-refractivity contribution in [3.8, 4) is 21.6 Å². The van der Waals surface area contributed by atoms with Crippen LogP contribution in [0.4, 0.5) is 34.8 Å². The van der Waals surface area contributed by atoms with Crippen molar-refractivity contribution in [1.82, 2.24) is 45.6 Å². The molecule has 3 fully saturated rings. The number of β-amino-alcohol motifs (C(OH)–C–C–N with tert-alkyl or cyclic N) is 1. The number of H-pyrrole nitrogens is 1. The number of rotatable bonds is 21. The Morgan fingerprint density at radius 3 is 2.15 bits per heavy atom. The van der Waals surface area contributed by atoms with Crippen LogP contribution in [0.3, 0.4) is 0 Å². The van der Waals surface area contributed by atoms with Crippen LogP contribution < -0.4 is 36.6 Å². The van der Waals surface area contributed by atoms with Crippen LogP contribution in [0.2, 0.25) is 0 Å². The molecule has 3 aliphatic heterocycles. The van der Waals surface area contributed by atoms with Gasteiger partial charge in [-0.1, -0.05) is 57.9 Å². The number of anilines is 3. The molecule has 6 N–H and O–H groups in total. The maximum Gasteiger partial charge on any atom is 0.417 e. The van der Waals surface area contributed by atoms with Crippen LogP contribution in [0.25, 0.3) is 21.6 Å². The second kappa shape index (κ2) is 28.4. The summed E-state index contributed by atoms with van der Waals surface area (Å²) >= 11 is 1.56. The first-order valence-corrected chi connectivity index (χ1v) is 30.4. The van der Waals surface area contributed by atoms with E-state index in [-0.39, 0.29) is 91.4 Å². The standard InChI is InChI=1S/C62H78F4N12O8S/c1-37-33-77(34-38(2)74(37)7)49-29-47(63)44(27-48(49)72-58(84)45-32-69-54(82)28-46(45)62(64,65)66)42-17-18-51(68-31-42)75-22-24-76(25-23-75)55(83)20-19-52(80)67-21-11-9-8-10-12-53(81)73-57(61(4,5)6)60(86)78-35-43(79)26-50(78)59(85)70-30-40-13-15-41(16-14-40)56-39(3)71-36-87-56/h13-18,27-29,31-32,36-38,43,50,57,79H,8-12,19-26,30,33-35H2,1-7H3,(H,67,80)(H,69,82)(H,70,85)(H,72,84)(H,73,81)/t37-,38+,43-,50+,57?/m1/s1. The van der Waals surface area contributed by atoms with E-state index < -0.39 is 64.1 Å². The normalized spacial score (nSPS) is 18.8. The molecule has 3 saturated heterocycles. The van der Waals surface area contributed by atoms with Gasteiger partial charge in [0.15, 0.2) is 0 Å². The number of carbonyl (C=O) groups excluding carboxylic acids is 6. The van der Waals surface area contributed by atoms with Gasteiger partial charge in [0, 0.05) is 126 Å². The Morgan fingerprint density at radius 2 is 1.51 bits per heavy atom. The number of aryl methyl sites for hydroxylation is 1. The molecule has 3 aromatic heterocycles. The molecule has 25 heteroatoms. The fourth-order valence-corrected chi connectivity index (χ4v) is 12.0. The van der Waals surface area contributed by atoms with E-state index in [0.717, 1.165) is 28.1 Å². The number of halogens is 4. The molecule has 6 amide bonds. The lowest BCUT2D eigenvalue weighted by molar-refractivity contribution is -0.144. The van der Waals surface area contributed by atoms with Crippen LogP contribution >= 0.6 is 11.3 Å². The Labute approximate surface area is 507 Å². The first-order valence-electron chi connectivity index (χ1n) is 29.5. The van der Waals surface area contributed by atoms with Gasteiger partial charge in [-0.05, 0) is 81.5 Å². The van der Waals surface area contributed by atoms with E-state index in [4.69, 9.17) is 0 Å². The Morgan fingerprint density at radius 1 is 0.816 bits per heavy atom. The number of aliphatic hydroxyl groups is 1. The van der Waals surface area contributed by atoms with Gasteiger partial charge in [-0.25, -0.2) is 14.4 Å². The van der Waals surface area contributed by atoms with E-state index in [1.807, 2.05) is 82.7 Å². The Bertz CT molecular complexity index is 3320. The molecule has 3 aliphatic rings. The molecule has 5 atom stereocenters. The number of aromatic nitrogens is 3. The fourth-order valence-electron chi connectivity index (χ4n) is 11.2. The molecule has 5 aromatic rings. The van der Waals surface area contributed by atoms with Crippen LogP contribution in [0.5, 0.6) is 0 Å². The van der Waals surface area contributed by atoms with Crippen molar-refractivity contribution in [1.29, 1.82) is 0 Å². The number of thiazole rings is 1. The largest absolute Gasteiger partial charge is 0.417 e. The highest BCUT2D eigenvalue weighted by Crippen LogP contribution is 2.38. The number of likely N-dealkylation sites (tertiary alicyclic amines) is 1. The predicted molar refractivity (Wildman–Crippen MR) is 324 cm³/mol. The Balaban J connectivity index is 0.743. The summed E-state index contributed by atoms with van der Waals surface area (Å²) in [5.74, 6) is -2.78. The smallest absolute Gasteiger partial charge is 0.391 e. The van der Waals surface area contributed by atoms with Gasteiger partial charge in [0.05, 0.1) is 44.7 Å². The molecule has 0 radical (unpaired) electrons. The third-order valence-corrected chi connectivity index (χ3v) is 17.4. The summed E-state index contributed by atoms with van der Waals surface area (Å²) in [6.45, 7) is 14.5. The maximum atomic E-state index is 16.2. The minimum absolute atomic E-state index is 0.0130. The van der Waals surface area contributed by atoms with Gasteiger partial charge < -0.3 is 51.0 Å². The van der Waals surface area contributed by atoms with Crippen LogP contribution in [0, 0.1) is 18.2 Å². The molecule has 0 aliphatic carbocycles. The van der Waals surface area contributed by atoms with Crippen molar-refractivity contribution < 1.29 is 51.4 Å². The molecule has 6 heterocycles. The number of aromatic amines is 1. The first-order chi connectivity index (χ1) is 41.2. The second-order valence-electron chi connectivity index (χ2n) is 23.9. The van der Waals surface area contributed by atoms with Gasteiger partial charge in [-0.15, -0.1) is 11.3 Å². The number of unbranched alkanes of at least 4 members (excludes halogenated alkanes) is 3. The second-order valence-corrected chi connectivity index (χ2v) is 24.8. The molecule has 8 rings (SSSR count). The van der Waals surface area contributed by atoms with Gasteiger partial charge in [-0.3, -0.25) is 38.5 Å². The van der Waals surface area contributed by atoms with Gasteiger partial charge in [0.1, 0.15) is 23.7 Å². The van der Waals surface area contributed by atoms with Gasteiger partial charge in [-0.2, -0.15) is 13.2 Å². The van der Waals surface area contributed by atoms with Crippen molar-refractivity contribution in [2.24, 2.45) is 5.41 Å². The van der Waals surface area contributed by atoms with Crippen molar-refractivity contribution in [3.63, 3.8) is 0 Å². The SMILES string of the molecule is Cc1ncsc1-c1ccc(CNC(=O)[C@@H]2C[C@@H](O)CN2C(=O)C(NC(=O)CCCCCCNC(=O)CCC(=O)N2CCN(c3ccc(-c4cc(NC(=O)c5c[nH]c(=O)cc5C(F)(F)F)c(N5C[C@@H](C)N(C)[C@@H](C)C5)cc4F)cn3)CC2)C(C)(C)C)cc1. The Kier molecular flexibility index (Phi) is 21.3. The van der Waals surface area contributed by atoms with Crippen LogP contribution in [0.15, 0.2) is 77.3 Å². The lowest BCUT2D eigenvalue weighted by atomic mass is 9.85. The average Bonchev–Trinajstić information content (AvgIpc) is 1.98. The van der Waals surface area contributed by atoms with E-state index in [0.29, 0.717) is 88.7 Å². The van der Waals surface area contributed by atoms with Gasteiger partial charge >= 0.3 is 6.18 Å². The summed E-state index contributed by atoms with van der Waals surface area (Å²) in [5.41, 5.74) is 1.42. The van der Waals surface area contributed by atoms with Crippen LogP contribution in [-0.2, 0) is 36.7 Å². The third kappa shape index (κ3) is 16.7. The number of likely N-dealkylation sites (N-methyl/N-ethyl adjacent to an activating group) is 1. The van der Waals surface area contributed by atoms with E-state index >= 15 is 4.39 Å². The third-order valence-electron chi connectivity index (χ3n) is 16.5. The summed E-state index contributed by atoms with van der Waals surface area (Å²) in [5, 5.41) is 21.9. The number of pyridine rings is 2. The zero-order chi connectivity index (χ0) is 62.9. The van der Waals surface area contributed by atoms with Gasteiger partial charge in [0.2, 0.25) is 35.1 Å².